The lowest BCUT2D eigenvalue weighted by atomic mass is 9.88. The van der Waals surface area contributed by atoms with Crippen LogP contribution in [0.3, 0.4) is 0 Å². The van der Waals surface area contributed by atoms with Crippen LogP contribution in [-0.4, -0.2) is 17.2 Å². The molecular formula is C20H17ClN4O2S. The highest BCUT2D eigenvalue weighted by atomic mass is 35.5. The Balaban J connectivity index is 1.77. The smallest absolute Gasteiger partial charge is 0.325 e. The fraction of sp³-hybridized carbons (Fsp3) is 0.150. The minimum absolute atomic E-state index is 0.298. The Kier molecular flexibility index (Phi) is 5.93. The molecule has 0 bridgehead atoms. The van der Waals surface area contributed by atoms with E-state index in [0.29, 0.717) is 21.3 Å². The van der Waals surface area contributed by atoms with Crippen molar-refractivity contribution in [3.8, 4) is 6.07 Å². The average Bonchev–Trinajstić information content (AvgIpc) is 3.00. The summed E-state index contributed by atoms with van der Waals surface area (Å²) in [7, 11) is 0. The van der Waals surface area contributed by atoms with Crippen molar-refractivity contribution in [2.24, 2.45) is 5.73 Å². The number of imide groups is 1. The van der Waals surface area contributed by atoms with Crippen molar-refractivity contribution >= 4 is 41.0 Å². The van der Waals surface area contributed by atoms with E-state index >= 15 is 0 Å². The first-order valence-electron chi connectivity index (χ1n) is 8.39. The van der Waals surface area contributed by atoms with E-state index in [-0.39, 0.29) is 0 Å². The number of halogens is 1. The van der Waals surface area contributed by atoms with Gasteiger partial charge in [-0.3, -0.25) is 10.1 Å². The first-order valence-corrected chi connectivity index (χ1v) is 9.65. The van der Waals surface area contributed by atoms with Crippen LogP contribution in [0, 0.1) is 18.3 Å². The Labute approximate surface area is 171 Å². The van der Waals surface area contributed by atoms with E-state index in [1.165, 1.54) is 0 Å². The molecule has 2 aromatic rings. The predicted molar refractivity (Wildman–Crippen MR) is 111 cm³/mol. The molecule has 0 aromatic heterocycles. The van der Waals surface area contributed by atoms with Gasteiger partial charge in [-0.15, -0.1) is 0 Å². The number of nitrogens with one attached hydrogen (secondary N) is 2. The van der Waals surface area contributed by atoms with Crippen molar-refractivity contribution in [3.05, 3.63) is 75.3 Å². The molecular weight excluding hydrogens is 396 g/mol. The van der Waals surface area contributed by atoms with E-state index in [2.05, 4.69) is 16.7 Å². The number of anilines is 1. The molecule has 28 heavy (non-hydrogen) atoms. The largest absolute Gasteiger partial charge is 0.393 e. The van der Waals surface area contributed by atoms with Crippen molar-refractivity contribution in [1.82, 2.24) is 5.32 Å². The van der Waals surface area contributed by atoms with Gasteiger partial charge in [0.05, 0.1) is 16.7 Å². The van der Waals surface area contributed by atoms with Crippen LogP contribution in [0.25, 0.3) is 0 Å². The third-order valence-electron chi connectivity index (χ3n) is 4.25. The fourth-order valence-electron chi connectivity index (χ4n) is 2.99. The summed E-state index contributed by atoms with van der Waals surface area (Å²) in [5.41, 5.74) is 8.63. The first-order chi connectivity index (χ1) is 13.4. The Hall–Kier alpha value is -2.95. The van der Waals surface area contributed by atoms with Gasteiger partial charge in [0.2, 0.25) is 5.91 Å². The number of urea groups is 1. The molecule has 1 aliphatic rings. The molecule has 2 unspecified atom stereocenters. The summed E-state index contributed by atoms with van der Waals surface area (Å²) in [5.74, 6) is -1.03. The van der Waals surface area contributed by atoms with Gasteiger partial charge in [-0.1, -0.05) is 53.2 Å². The maximum atomic E-state index is 12.8. The number of aryl methyl sites for hydroxylation is 1. The summed E-state index contributed by atoms with van der Waals surface area (Å²) < 4.78 is 0. The number of nitriles is 1. The van der Waals surface area contributed by atoms with Crippen LogP contribution >= 0.6 is 23.4 Å². The number of thioether (sulfide) groups is 1. The molecule has 0 spiro atoms. The minimum Gasteiger partial charge on any atom is -0.393 e. The van der Waals surface area contributed by atoms with Crippen molar-refractivity contribution in [3.63, 3.8) is 0 Å². The molecule has 0 radical (unpaired) electrons. The van der Waals surface area contributed by atoms with Gasteiger partial charge in [-0.05, 0) is 36.8 Å². The molecule has 3 rings (SSSR count). The number of allylic oxidation sites excluding steroid dienone is 1. The quantitative estimate of drug-likeness (QED) is 0.708. The molecule has 142 valence electrons. The van der Waals surface area contributed by atoms with Gasteiger partial charge in [0.1, 0.15) is 5.25 Å². The Bertz CT molecular complexity index is 998. The zero-order valence-electron chi connectivity index (χ0n) is 14.9. The number of carbonyl (C=O) groups is 2. The number of amides is 3. The van der Waals surface area contributed by atoms with Crippen LogP contribution in [0.1, 0.15) is 17.0 Å². The number of carbonyl (C=O) groups excluding carboxylic acids is 2. The van der Waals surface area contributed by atoms with Crippen molar-refractivity contribution in [2.45, 2.75) is 18.1 Å². The number of hydrogen-bond donors (Lipinski definition) is 3. The van der Waals surface area contributed by atoms with Crippen LogP contribution in [0.5, 0.6) is 0 Å². The van der Waals surface area contributed by atoms with E-state index in [1.807, 2.05) is 31.2 Å². The second-order valence-electron chi connectivity index (χ2n) is 6.27. The van der Waals surface area contributed by atoms with Gasteiger partial charge < -0.3 is 11.1 Å². The monoisotopic (exact) mass is 412 g/mol. The zero-order chi connectivity index (χ0) is 20.3. The Morgan fingerprint density at radius 3 is 2.57 bits per heavy atom. The summed E-state index contributed by atoms with van der Waals surface area (Å²) >= 11 is 6.91. The minimum atomic E-state index is -0.715. The molecule has 0 aliphatic carbocycles. The van der Waals surface area contributed by atoms with Crippen LogP contribution in [0.2, 0.25) is 5.02 Å². The summed E-state index contributed by atoms with van der Waals surface area (Å²) in [6.07, 6.45) is 0. The number of rotatable bonds is 3. The van der Waals surface area contributed by atoms with Crippen LogP contribution in [0.4, 0.5) is 10.5 Å². The molecule has 0 saturated carbocycles. The van der Waals surface area contributed by atoms with E-state index in [0.717, 1.165) is 22.9 Å². The van der Waals surface area contributed by atoms with Crippen molar-refractivity contribution in [2.75, 3.05) is 5.32 Å². The van der Waals surface area contributed by atoms with E-state index in [9.17, 15) is 14.9 Å². The number of hydrogen-bond acceptors (Lipinski definition) is 5. The molecule has 0 fully saturated rings. The Morgan fingerprint density at radius 2 is 1.93 bits per heavy atom. The van der Waals surface area contributed by atoms with Crippen molar-refractivity contribution in [1.29, 1.82) is 5.26 Å². The fourth-order valence-corrected chi connectivity index (χ4v) is 4.28. The number of benzene rings is 2. The van der Waals surface area contributed by atoms with Crippen molar-refractivity contribution < 1.29 is 9.59 Å². The molecule has 2 atom stereocenters. The standard InChI is InChI=1S/C20H17ClN4O2S/c1-11-3-2-4-12(9-11)16-15(10-22)18(23)28-17(16)19(26)25-20(27)24-14-7-5-13(21)6-8-14/h2-9,16-17H,23H2,1H3,(H2,24,25,26,27). The highest BCUT2D eigenvalue weighted by Crippen LogP contribution is 2.45. The van der Waals surface area contributed by atoms with Gasteiger partial charge >= 0.3 is 6.03 Å². The van der Waals surface area contributed by atoms with Gasteiger partial charge in [-0.25, -0.2) is 4.79 Å². The topological polar surface area (TPSA) is 108 Å². The SMILES string of the molecule is Cc1cccc(C2C(C#N)=C(N)SC2C(=O)NC(=O)Nc2ccc(Cl)cc2)c1. The molecule has 8 heteroatoms. The van der Waals surface area contributed by atoms with Crippen LogP contribution in [0.15, 0.2) is 59.1 Å². The maximum Gasteiger partial charge on any atom is 0.325 e. The first kappa shape index (κ1) is 19.8. The normalized spacial score (nSPS) is 18.5. The van der Waals surface area contributed by atoms with Crippen LogP contribution < -0.4 is 16.4 Å². The summed E-state index contributed by atoms with van der Waals surface area (Å²) in [6, 6.07) is 15.5. The second kappa shape index (κ2) is 8.38. The molecule has 3 amide bonds. The lowest BCUT2D eigenvalue weighted by Gasteiger charge is -2.19. The van der Waals surface area contributed by atoms with E-state index in [4.69, 9.17) is 17.3 Å². The highest BCUT2D eigenvalue weighted by Gasteiger charge is 2.41. The summed E-state index contributed by atoms with van der Waals surface area (Å²) in [4.78, 5) is 25.0. The summed E-state index contributed by atoms with van der Waals surface area (Å²) in [6.45, 7) is 1.93. The summed E-state index contributed by atoms with van der Waals surface area (Å²) in [5, 5.41) is 14.5. The predicted octanol–water partition coefficient (Wildman–Crippen LogP) is 3.89. The molecule has 1 heterocycles. The van der Waals surface area contributed by atoms with Gasteiger partial charge in [-0.2, -0.15) is 5.26 Å². The lowest BCUT2D eigenvalue weighted by Crippen LogP contribution is -2.41. The highest BCUT2D eigenvalue weighted by molar-refractivity contribution is 8.04. The zero-order valence-corrected chi connectivity index (χ0v) is 16.5. The Morgan fingerprint density at radius 1 is 1.21 bits per heavy atom. The van der Waals surface area contributed by atoms with Gasteiger partial charge in [0.15, 0.2) is 0 Å². The molecule has 2 aromatic carbocycles. The molecule has 4 N–H and O–H groups in total. The van der Waals surface area contributed by atoms with E-state index in [1.54, 1.807) is 24.3 Å². The number of nitrogens with zero attached hydrogens (tertiary/aromatic N) is 1. The second-order valence-corrected chi connectivity index (χ2v) is 7.89. The maximum absolute atomic E-state index is 12.8. The lowest BCUT2D eigenvalue weighted by molar-refractivity contribution is -0.119. The molecule has 0 saturated heterocycles. The van der Waals surface area contributed by atoms with Gasteiger partial charge in [0.25, 0.3) is 0 Å². The van der Waals surface area contributed by atoms with Crippen LogP contribution in [-0.2, 0) is 4.79 Å². The molecule has 6 nitrogen and oxygen atoms in total. The third-order valence-corrected chi connectivity index (χ3v) is 5.72. The number of nitrogens with two attached hydrogens (primary N) is 1. The average molecular weight is 413 g/mol. The molecule has 1 aliphatic heterocycles. The van der Waals surface area contributed by atoms with E-state index < -0.39 is 23.1 Å². The van der Waals surface area contributed by atoms with Gasteiger partial charge in [0, 0.05) is 16.6 Å². The third kappa shape index (κ3) is 4.30.